The number of amides is 1. The predicted molar refractivity (Wildman–Crippen MR) is 101 cm³/mol. The van der Waals surface area contributed by atoms with Crippen molar-refractivity contribution in [2.24, 2.45) is 0 Å². The van der Waals surface area contributed by atoms with Gasteiger partial charge in [0.05, 0.1) is 23.2 Å². The van der Waals surface area contributed by atoms with Crippen molar-refractivity contribution in [1.29, 1.82) is 0 Å². The molecule has 152 valence electrons. The maximum absolute atomic E-state index is 13.4. The smallest absolute Gasteiger partial charge is 0.255 e. The molecule has 2 N–H and O–H groups in total. The van der Waals surface area contributed by atoms with Crippen LogP contribution < -0.4 is 5.32 Å². The van der Waals surface area contributed by atoms with E-state index in [-0.39, 0.29) is 18.7 Å². The molecular weight excluding hydrogens is 383 g/mol. The Morgan fingerprint density at radius 3 is 2.76 bits per heavy atom. The van der Waals surface area contributed by atoms with Crippen LogP contribution in [0.5, 0.6) is 0 Å². The molecule has 29 heavy (non-hydrogen) atoms. The third-order valence-electron chi connectivity index (χ3n) is 5.26. The van der Waals surface area contributed by atoms with E-state index < -0.39 is 30.4 Å². The Balaban J connectivity index is 1.59. The second kappa shape index (κ2) is 7.51. The average molecular weight is 403 g/mol. The Hall–Kier alpha value is -2.87. The van der Waals surface area contributed by atoms with E-state index in [4.69, 9.17) is 0 Å². The molecule has 2 heterocycles. The largest absolute Gasteiger partial charge is 0.391 e. The third-order valence-corrected chi connectivity index (χ3v) is 5.26. The van der Waals surface area contributed by atoms with Crippen LogP contribution >= 0.6 is 0 Å². The van der Waals surface area contributed by atoms with E-state index in [1.165, 1.54) is 12.1 Å². The molecular formula is C21H20F3N3O2. The highest BCUT2D eigenvalue weighted by atomic mass is 19.3. The fourth-order valence-corrected chi connectivity index (χ4v) is 3.73. The van der Waals surface area contributed by atoms with Gasteiger partial charge in [0.2, 0.25) is 0 Å². The van der Waals surface area contributed by atoms with Crippen molar-refractivity contribution in [2.75, 3.05) is 0 Å². The molecule has 0 radical (unpaired) electrons. The van der Waals surface area contributed by atoms with Gasteiger partial charge >= 0.3 is 0 Å². The third kappa shape index (κ3) is 4.12. The van der Waals surface area contributed by atoms with Crippen molar-refractivity contribution in [1.82, 2.24) is 14.9 Å². The zero-order valence-electron chi connectivity index (χ0n) is 15.5. The van der Waals surface area contributed by atoms with E-state index in [0.29, 0.717) is 17.6 Å². The summed E-state index contributed by atoms with van der Waals surface area (Å²) in [6.07, 6.45) is 0.865. The Labute approximate surface area is 165 Å². The molecule has 0 saturated heterocycles. The summed E-state index contributed by atoms with van der Waals surface area (Å²) in [7, 11) is 0. The summed E-state index contributed by atoms with van der Waals surface area (Å²) in [6, 6.07) is 8.89. The molecule has 0 spiro atoms. The number of hydrogen-bond donors (Lipinski definition) is 2. The molecule has 4 rings (SSSR count). The van der Waals surface area contributed by atoms with Crippen molar-refractivity contribution in [3.8, 4) is 0 Å². The molecule has 1 aliphatic carbocycles. The van der Waals surface area contributed by atoms with Gasteiger partial charge in [-0.2, -0.15) is 0 Å². The Bertz CT molecular complexity index is 1030. The molecule has 1 amide bonds. The zero-order valence-corrected chi connectivity index (χ0v) is 15.5. The van der Waals surface area contributed by atoms with Crippen LogP contribution in [0.2, 0.25) is 0 Å². The number of fused-ring (bicyclic) bond motifs is 1. The fourth-order valence-electron chi connectivity index (χ4n) is 3.73. The lowest BCUT2D eigenvalue weighted by atomic mass is 9.89. The van der Waals surface area contributed by atoms with Gasteiger partial charge in [-0.05, 0) is 36.2 Å². The summed E-state index contributed by atoms with van der Waals surface area (Å²) in [4.78, 5) is 17.1. The maximum atomic E-state index is 13.4. The van der Waals surface area contributed by atoms with Crippen molar-refractivity contribution >= 4 is 16.9 Å². The second-order valence-electron chi connectivity index (χ2n) is 7.41. The molecule has 2 aromatic heterocycles. The van der Waals surface area contributed by atoms with Crippen LogP contribution in [-0.2, 0) is 6.54 Å². The average Bonchev–Trinajstić information content (AvgIpc) is 3.04. The van der Waals surface area contributed by atoms with Crippen molar-refractivity contribution in [3.05, 3.63) is 65.7 Å². The molecule has 8 heteroatoms. The lowest BCUT2D eigenvalue weighted by Gasteiger charge is -2.33. The van der Waals surface area contributed by atoms with E-state index in [9.17, 15) is 23.1 Å². The predicted octanol–water partition coefficient (Wildman–Crippen LogP) is 3.50. The lowest BCUT2D eigenvalue weighted by molar-refractivity contribution is -0.0862. The molecule has 1 aliphatic rings. The van der Waals surface area contributed by atoms with Gasteiger partial charge in [0, 0.05) is 31.8 Å². The van der Waals surface area contributed by atoms with Gasteiger partial charge in [-0.15, -0.1) is 0 Å². The molecule has 5 nitrogen and oxygen atoms in total. The summed E-state index contributed by atoms with van der Waals surface area (Å²) < 4.78 is 41.8. The minimum absolute atomic E-state index is 0.00154. The normalized spacial score (nSPS) is 21.2. The fraction of sp³-hybridized carbons (Fsp3) is 0.333. The number of alkyl halides is 2. The van der Waals surface area contributed by atoms with E-state index in [2.05, 4.69) is 10.3 Å². The van der Waals surface area contributed by atoms with Crippen LogP contribution in [0, 0.1) is 5.82 Å². The minimum atomic E-state index is -2.91. The maximum Gasteiger partial charge on any atom is 0.255 e. The number of pyridine rings is 1. The lowest BCUT2D eigenvalue weighted by Crippen LogP contribution is -2.49. The van der Waals surface area contributed by atoms with E-state index >= 15 is 0 Å². The van der Waals surface area contributed by atoms with Crippen LogP contribution in [0.3, 0.4) is 0 Å². The Kier molecular flexibility index (Phi) is 5.04. The number of rotatable bonds is 4. The van der Waals surface area contributed by atoms with E-state index in [1.807, 2.05) is 10.6 Å². The highest BCUT2D eigenvalue weighted by molar-refractivity contribution is 6.05. The second-order valence-corrected chi connectivity index (χ2v) is 7.41. The standard InChI is InChI=1S/C21H20F3N3O2/c22-14-5-3-13(4-6-14)11-27-12-15(19-17(27)2-1-9-25-19)20(29)26-16-7-8-21(23,24)10-18(16)28/h1-6,9,12,16,18,28H,7-8,10-11H2,(H,26,29)/t16-,18-/m0/s1. The van der Waals surface area contributed by atoms with Gasteiger partial charge < -0.3 is 15.0 Å². The highest BCUT2D eigenvalue weighted by Crippen LogP contribution is 2.33. The van der Waals surface area contributed by atoms with E-state index in [1.54, 1.807) is 30.6 Å². The van der Waals surface area contributed by atoms with Crippen molar-refractivity contribution in [3.63, 3.8) is 0 Å². The van der Waals surface area contributed by atoms with Crippen LogP contribution in [0.25, 0.3) is 11.0 Å². The molecule has 0 aliphatic heterocycles. The van der Waals surface area contributed by atoms with Crippen LogP contribution in [0.4, 0.5) is 13.2 Å². The molecule has 1 fully saturated rings. The minimum Gasteiger partial charge on any atom is -0.391 e. The number of nitrogens with zero attached hydrogens (tertiary/aromatic N) is 2. The number of benzene rings is 1. The highest BCUT2D eigenvalue weighted by Gasteiger charge is 2.41. The Morgan fingerprint density at radius 1 is 1.28 bits per heavy atom. The first-order chi connectivity index (χ1) is 13.8. The molecule has 1 saturated carbocycles. The monoisotopic (exact) mass is 403 g/mol. The summed E-state index contributed by atoms with van der Waals surface area (Å²) in [6.45, 7) is 0.411. The summed E-state index contributed by atoms with van der Waals surface area (Å²) in [5.41, 5.74) is 2.34. The first-order valence-corrected chi connectivity index (χ1v) is 9.37. The van der Waals surface area contributed by atoms with Gasteiger partial charge in [-0.25, -0.2) is 13.2 Å². The number of hydrogen-bond acceptors (Lipinski definition) is 3. The van der Waals surface area contributed by atoms with Crippen LogP contribution in [-0.4, -0.2) is 38.6 Å². The van der Waals surface area contributed by atoms with Crippen molar-refractivity contribution < 1.29 is 23.1 Å². The summed E-state index contributed by atoms with van der Waals surface area (Å²) in [5, 5.41) is 12.7. The van der Waals surface area contributed by atoms with Gasteiger partial charge in [0.15, 0.2) is 0 Å². The number of aliphatic hydroxyl groups is 1. The number of aromatic nitrogens is 2. The van der Waals surface area contributed by atoms with E-state index in [0.717, 1.165) is 11.1 Å². The summed E-state index contributed by atoms with van der Waals surface area (Å²) >= 11 is 0. The summed E-state index contributed by atoms with van der Waals surface area (Å²) in [5.74, 6) is -3.71. The molecule has 1 aromatic carbocycles. The molecule has 2 atom stereocenters. The molecule has 3 aromatic rings. The number of halogens is 3. The van der Waals surface area contributed by atoms with Crippen molar-refractivity contribution in [2.45, 2.75) is 43.9 Å². The number of carbonyl (C=O) groups excluding carboxylic acids is 1. The Morgan fingerprint density at radius 2 is 2.03 bits per heavy atom. The van der Waals surface area contributed by atoms with Gasteiger partial charge in [0.1, 0.15) is 11.3 Å². The number of aliphatic hydroxyl groups excluding tert-OH is 1. The number of carbonyl (C=O) groups is 1. The van der Waals surface area contributed by atoms with Crippen LogP contribution in [0.1, 0.15) is 35.2 Å². The topological polar surface area (TPSA) is 67.2 Å². The molecule has 0 bridgehead atoms. The number of nitrogens with one attached hydrogen (secondary N) is 1. The first-order valence-electron chi connectivity index (χ1n) is 9.37. The quantitative estimate of drug-likeness (QED) is 0.701. The SMILES string of the molecule is O=C(N[C@H]1CCC(F)(F)C[C@@H]1O)c1cn(Cc2ccc(F)cc2)c2cccnc12. The van der Waals surface area contributed by atoms with Gasteiger partial charge in [-0.1, -0.05) is 12.1 Å². The molecule has 0 unspecified atom stereocenters. The van der Waals surface area contributed by atoms with Crippen LogP contribution in [0.15, 0.2) is 48.8 Å². The van der Waals surface area contributed by atoms with Gasteiger partial charge in [-0.3, -0.25) is 9.78 Å². The zero-order chi connectivity index (χ0) is 20.6. The first kappa shape index (κ1) is 19.4. The van der Waals surface area contributed by atoms with Gasteiger partial charge in [0.25, 0.3) is 11.8 Å².